The van der Waals surface area contributed by atoms with E-state index in [1.807, 2.05) is 27.7 Å². The van der Waals surface area contributed by atoms with Crippen LogP contribution in [0.3, 0.4) is 0 Å². The van der Waals surface area contributed by atoms with Crippen LogP contribution in [0.2, 0.25) is 0 Å². The number of aryl methyl sites for hydroxylation is 4. The summed E-state index contributed by atoms with van der Waals surface area (Å²) >= 11 is 3.35. The Morgan fingerprint density at radius 1 is 0.609 bits per heavy atom. The molecule has 2 amide bonds. The van der Waals surface area contributed by atoms with Gasteiger partial charge < -0.3 is 0 Å². The van der Waals surface area contributed by atoms with Gasteiger partial charge in [0.1, 0.15) is 0 Å². The molecule has 0 bridgehead atoms. The molecule has 120 valence electrons. The molecular formula is C18H19NO2S2. The SMILES string of the molecule is Cc1sc(C)c(C2=C(c3c(C)sc(C)c3C)C(=O)NC2=O)c1C. The second-order valence-electron chi connectivity index (χ2n) is 5.96. The van der Waals surface area contributed by atoms with Crippen LogP contribution in [0.1, 0.15) is 41.8 Å². The van der Waals surface area contributed by atoms with Crippen molar-refractivity contribution in [1.82, 2.24) is 5.32 Å². The highest BCUT2D eigenvalue weighted by Gasteiger charge is 2.36. The van der Waals surface area contributed by atoms with Crippen molar-refractivity contribution in [2.75, 3.05) is 0 Å². The van der Waals surface area contributed by atoms with Gasteiger partial charge in [0.05, 0.1) is 11.1 Å². The number of carbonyl (C=O) groups is 2. The van der Waals surface area contributed by atoms with Crippen molar-refractivity contribution in [1.29, 1.82) is 0 Å². The lowest BCUT2D eigenvalue weighted by molar-refractivity contribution is -0.122. The van der Waals surface area contributed by atoms with E-state index in [4.69, 9.17) is 0 Å². The lowest BCUT2D eigenvalue weighted by Gasteiger charge is -2.07. The molecule has 23 heavy (non-hydrogen) atoms. The molecule has 0 saturated carbocycles. The Bertz CT molecular complexity index is 825. The summed E-state index contributed by atoms with van der Waals surface area (Å²) in [6.07, 6.45) is 0. The highest BCUT2D eigenvalue weighted by Crippen LogP contribution is 2.42. The van der Waals surface area contributed by atoms with Gasteiger partial charge >= 0.3 is 0 Å². The minimum atomic E-state index is -0.281. The second-order valence-corrected chi connectivity index (χ2v) is 8.82. The Morgan fingerprint density at radius 3 is 1.22 bits per heavy atom. The Labute approximate surface area is 144 Å². The average Bonchev–Trinajstić information content (AvgIpc) is 2.96. The molecule has 2 aromatic heterocycles. The van der Waals surface area contributed by atoms with Crippen molar-refractivity contribution in [3.8, 4) is 0 Å². The van der Waals surface area contributed by atoms with Crippen molar-refractivity contribution >= 4 is 45.6 Å². The van der Waals surface area contributed by atoms with Gasteiger partial charge in [-0.25, -0.2) is 0 Å². The first kappa shape index (κ1) is 16.1. The van der Waals surface area contributed by atoms with E-state index in [9.17, 15) is 9.59 Å². The summed E-state index contributed by atoms with van der Waals surface area (Å²) in [4.78, 5) is 29.6. The van der Waals surface area contributed by atoms with Crippen LogP contribution in [0, 0.1) is 41.5 Å². The molecule has 0 saturated heterocycles. The quantitative estimate of drug-likeness (QED) is 0.828. The standard InChI is InChI=1S/C18H19NO2S2/c1-7-9(3)22-11(5)13(7)15-16(18(21)19-17(15)20)14-8(2)10(4)23-12(14)6/h1-6H3,(H,19,20,21). The van der Waals surface area contributed by atoms with Crippen LogP contribution >= 0.6 is 22.7 Å². The molecule has 0 atom stereocenters. The normalized spacial score (nSPS) is 14.9. The van der Waals surface area contributed by atoms with Gasteiger partial charge in [0.2, 0.25) is 0 Å². The van der Waals surface area contributed by atoms with Gasteiger partial charge in [-0.2, -0.15) is 0 Å². The van der Waals surface area contributed by atoms with E-state index in [1.165, 1.54) is 9.75 Å². The van der Waals surface area contributed by atoms with Crippen molar-refractivity contribution in [2.45, 2.75) is 41.5 Å². The van der Waals surface area contributed by atoms with Crippen LogP contribution in [0.25, 0.3) is 11.1 Å². The Hall–Kier alpha value is -1.72. The van der Waals surface area contributed by atoms with Crippen LogP contribution < -0.4 is 5.32 Å². The van der Waals surface area contributed by atoms with Crippen LogP contribution in [0.15, 0.2) is 0 Å². The predicted molar refractivity (Wildman–Crippen MR) is 97.0 cm³/mol. The van der Waals surface area contributed by atoms with Crippen molar-refractivity contribution in [3.05, 3.63) is 41.8 Å². The molecule has 3 nitrogen and oxygen atoms in total. The molecule has 0 aromatic carbocycles. The van der Waals surface area contributed by atoms with Gasteiger partial charge in [0.15, 0.2) is 0 Å². The van der Waals surface area contributed by atoms with E-state index in [2.05, 4.69) is 19.2 Å². The van der Waals surface area contributed by atoms with Gasteiger partial charge in [-0.3, -0.25) is 14.9 Å². The molecule has 1 N–H and O–H groups in total. The maximum absolute atomic E-state index is 12.5. The zero-order chi connectivity index (χ0) is 17.0. The van der Waals surface area contributed by atoms with Gasteiger partial charge in [-0.1, -0.05) is 0 Å². The van der Waals surface area contributed by atoms with Crippen molar-refractivity contribution < 1.29 is 9.59 Å². The number of carbonyl (C=O) groups excluding carboxylic acids is 2. The second kappa shape index (κ2) is 5.42. The molecule has 1 aliphatic rings. The molecule has 5 heteroatoms. The Balaban J connectivity index is 2.40. The summed E-state index contributed by atoms with van der Waals surface area (Å²) in [6, 6.07) is 0. The number of thiophene rings is 2. The molecule has 0 spiro atoms. The van der Waals surface area contributed by atoms with E-state index in [-0.39, 0.29) is 11.8 Å². The van der Waals surface area contributed by atoms with Crippen LogP contribution in [-0.2, 0) is 9.59 Å². The lowest BCUT2D eigenvalue weighted by atomic mass is 9.92. The predicted octanol–water partition coefficient (Wildman–Crippen LogP) is 4.23. The summed E-state index contributed by atoms with van der Waals surface area (Å²) < 4.78 is 0. The van der Waals surface area contributed by atoms with E-state index >= 15 is 0 Å². The number of rotatable bonds is 2. The van der Waals surface area contributed by atoms with Gasteiger partial charge in [-0.05, 0) is 52.7 Å². The average molecular weight is 345 g/mol. The third-order valence-corrected chi connectivity index (χ3v) is 6.80. The molecule has 0 unspecified atom stereocenters. The van der Waals surface area contributed by atoms with Gasteiger partial charge in [-0.15, -0.1) is 22.7 Å². The molecule has 0 fully saturated rings. The highest BCUT2D eigenvalue weighted by atomic mass is 32.1. The van der Waals surface area contributed by atoms with Gasteiger partial charge in [0.25, 0.3) is 11.8 Å². The summed E-state index contributed by atoms with van der Waals surface area (Å²) in [5, 5.41) is 2.50. The lowest BCUT2D eigenvalue weighted by Crippen LogP contribution is -2.23. The summed E-state index contributed by atoms with van der Waals surface area (Å²) in [6.45, 7) is 12.2. The van der Waals surface area contributed by atoms with E-state index in [0.29, 0.717) is 11.1 Å². The number of hydrogen-bond donors (Lipinski definition) is 1. The fourth-order valence-corrected chi connectivity index (χ4v) is 5.40. The molecule has 3 heterocycles. The van der Waals surface area contributed by atoms with E-state index in [0.717, 1.165) is 32.0 Å². The van der Waals surface area contributed by atoms with E-state index in [1.54, 1.807) is 22.7 Å². The molecule has 1 aliphatic heterocycles. The van der Waals surface area contributed by atoms with Crippen molar-refractivity contribution in [2.24, 2.45) is 0 Å². The Morgan fingerprint density at radius 2 is 0.957 bits per heavy atom. The first-order valence-electron chi connectivity index (χ1n) is 7.47. The number of nitrogens with one attached hydrogen (secondary N) is 1. The molecule has 0 aliphatic carbocycles. The monoisotopic (exact) mass is 345 g/mol. The van der Waals surface area contributed by atoms with Gasteiger partial charge in [0, 0.05) is 30.6 Å². The third kappa shape index (κ3) is 2.30. The van der Waals surface area contributed by atoms with Crippen LogP contribution in [0.5, 0.6) is 0 Å². The summed E-state index contributed by atoms with van der Waals surface area (Å²) in [7, 11) is 0. The molecular weight excluding hydrogens is 326 g/mol. The van der Waals surface area contributed by atoms with Crippen LogP contribution in [-0.4, -0.2) is 11.8 Å². The largest absolute Gasteiger partial charge is 0.288 e. The number of amides is 2. The topological polar surface area (TPSA) is 46.2 Å². The smallest absolute Gasteiger partial charge is 0.259 e. The fourth-order valence-electron chi connectivity index (χ4n) is 3.25. The van der Waals surface area contributed by atoms with Crippen LogP contribution in [0.4, 0.5) is 0 Å². The first-order valence-corrected chi connectivity index (χ1v) is 9.11. The third-order valence-electron chi connectivity index (χ3n) is 4.55. The molecule has 0 radical (unpaired) electrons. The number of imide groups is 1. The zero-order valence-electron chi connectivity index (χ0n) is 14.1. The molecule has 2 aromatic rings. The zero-order valence-corrected chi connectivity index (χ0v) is 15.8. The highest BCUT2D eigenvalue weighted by molar-refractivity contribution is 7.12. The number of hydrogen-bond acceptors (Lipinski definition) is 4. The maximum atomic E-state index is 12.5. The minimum absolute atomic E-state index is 0.281. The maximum Gasteiger partial charge on any atom is 0.259 e. The van der Waals surface area contributed by atoms with E-state index < -0.39 is 0 Å². The Kier molecular flexibility index (Phi) is 3.81. The molecule has 3 rings (SSSR count). The first-order chi connectivity index (χ1) is 10.7. The summed E-state index contributed by atoms with van der Waals surface area (Å²) in [5.41, 5.74) is 5.11. The van der Waals surface area contributed by atoms with Crippen molar-refractivity contribution in [3.63, 3.8) is 0 Å². The summed E-state index contributed by atoms with van der Waals surface area (Å²) in [5.74, 6) is -0.562. The minimum Gasteiger partial charge on any atom is -0.288 e. The fraction of sp³-hybridized carbons (Fsp3) is 0.333.